The molecule has 0 spiro atoms. The summed E-state index contributed by atoms with van der Waals surface area (Å²) >= 11 is 0. The van der Waals surface area contributed by atoms with Gasteiger partial charge in [0.25, 0.3) is 5.91 Å². The molecule has 30 heavy (non-hydrogen) atoms. The fourth-order valence-electron chi connectivity index (χ4n) is 3.26. The Morgan fingerprint density at radius 1 is 0.867 bits per heavy atom. The van der Waals surface area contributed by atoms with Gasteiger partial charge in [0.05, 0.1) is 32.5 Å². The van der Waals surface area contributed by atoms with Crippen LogP contribution >= 0.6 is 0 Å². The molecule has 0 radical (unpaired) electrons. The van der Waals surface area contributed by atoms with Crippen LogP contribution in [0.5, 0.6) is 11.5 Å². The molecule has 0 aliphatic carbocycles. The molecule has 8 nitrogen and oxygen atoms in total. The van der Waals surface area contributed by atoms with Gasteiger partial charge in [0.1, 0.15) is 0 Å². The second kappa shape index (κ2) is 9.30. The smallest absolute Gasteiger partial charge is 0.338 e. The maximum Gasteiger partial charge on any atom is 0.338 e. The minimum atomic E-state index is -0.636. The molecule has 2 aromatic carbocycles. The highest BCUT2D eigenvalue weighted by atomic mass is 16.5. The molecule has 2 aromatic rings. The zero-order valence-electron chi connectivity index (χ0n) is 17.1. The van der Waals surface area contributed by atoms with E-state index in [1.54, 1.807) is 19.1 Å². The quantitative estimate of drug-likeness (QED) is 0.671. The van der Waals surface area contributed by atoms with Crippen molar-refractivity contribution in [1.29, 1.82) is 0 Å². The Bertz CT molecular complexity index is 953. The second-order valence-corrected chi connectivity index (χ2v) is 6.69. The molecule has 3 rings (SSSR count). The summed E-state index contributed by atoms with van der Waals surface area (Å²) in [6, 6.07) is 9.63. The van der Waals surface area contributed by atoms with E-state index in [4.69, 9.17) is 14.2 Å². The number of amides is 1. The van der Waals surface area contributed by atoms with E-state index in [1.807, 2.05) is 12.1 Å². The van der Waals surface area contributed by atoms with Gasteiger partial charge in [-0.25, -0.2) is 9.59 Å². The van der Waals surface area contributed by atoms with Gasteiger partial charge in [-0.2, -0.15) is 0 Å². The molecule has 0 bridgehead atoms. The van der Waals surface area contributed by atoms with Crippen LogP contribution in [0.4, 0.5) is 0 Å². The number of ether oxygens (including phenoxy) is 4. The summed E-state index contributed by atoms with van der Waals surface area (Å²) in [5.74, 6) is -0.154. The Labute approximate surface area is 174 Å². The van der Waals surface area contributed by atoms with Crippen molar-refractivity contribution in [3.8, 4) is 11.5 Å². The molecule has 158 valence electrons. The summed E-state index contributed by atoms with van der Waals surface area (Å²) in [4.78, 5) is 37.8. The van der Waals surface area contributed by atoms with Crippen molar-refractivity contribution >= 4 is 17.8 Å². The molecule has 1 heterocycles. The third-order valence-electron chi connectivity index (χ3n) is 4.94. The molecular formula is C22H23NO7. The van der Waals surface area contributed by atoms with E-state index < -0.39 is 11.9 Å². The van der Waals surface area contributed by atoms with Crippen LogP contribution in [0.25, 0.3) is 0 Å². The highest BCUT2D eigenvalue weighted by Gasteiger charge is 2.24. The summed E-state index contributed by atoms with van der Waals surface area (Å²) < 4.78 is 20.4. The van der Waals surface area contributed by atoms with Crippen molar-refractivity contribution in [2.45, 2.75) is 13.0 Å². The van der Waals surface area contributed by atoms with E-state index in [2.05, 4.69) is 4.74 Å². The van der Waals surface area contributed by atoms with Gasteiger partial charge in [-0.1, -0.05) is 0 Å². The number of rotatable bonds is 6. The van der Waals surface area contributed by atoms with Gasteiger partial charge in [-0.3, -0.25) is 4.79 Å². The predicted molar refractivity (Wildman–Crippen MR) is 107 cm³/mol. The fourth-order valence-corrected chi connectivity index (χ4v) is 3.26. The molecule has 1 aliphatic heterocycles. The molecule has 0 fully saturated rings. The summed E-state index contributed by atoms with van der Waals surface area (Å²) in [7, 11) is 4.43. The molecule has 1 amide bonds. The summed E-state index contributed by atoms with van der Waals surface area (Å²) in [5, 5.41) is 0. The van der Waals surface area contributed by atoms with Crippen molar-refractivity contribution in [3.63, 3.8) is 0 Å². The van der Waals surface area contributed by atoms with Crippen molar-refractivity contribution in [1.82, 2.24) is 4.90 Å². The fraction of sp³-hybridized carbons (Fsp3) is 0.318. The predicted octanol–water partition coefficient (Wildman–Crippen LogP) is 2.23. The van der Waals surface area contributed by atoms with Crippen molar-refractivity contribution < 1.29 is 33.3 Å². The lowest BCUT2D eigenvalue weighted by atomic mass is 9.99. The number of methoxy groups -OCH3 is 3. The number of fused-ring (bicyclic) bond motifs is 1. The van der Waals surface area contributed by atoms with Gasteiger partial charge in [0, 0.05) is 13.1 Å². The molecule has 8 heteroatoms. The number of carbonyl (C=O) groups is 3. The first-order chi connectivity index (χ1) is 14.5. The lowest BCUT2D eigenvalue weighted by molar-refractivity contribution is -0.135. The van der Waals surface area contributed by atoms with Crippen LogP contribution in [0.2, 0.25) is 0 Å². The normalized spacial score (nSPS) is 12.6. The number of hydrogen-bond acceptors (Lipinski definition) is 7. The minimum Gasteiger partial charge on any atom is -0.493 e. The minimum absolute atomic E-state index is 0.247. The SMILES string of the molecule is COC(=O)c1ccc(C(=O)OCC(=O)N2CCc3cc(OC)c(OC)cc3C2)cc1. The molecule has 0 saturated carbocycles. The Morgan fingerprint density at radius 2 is 1.43 bits per heavy atom. The van der Waals surface area contributed by atoms with Gasteiger partial charge in [0.15, 0.2) is 18.1 Å². The average Bonchev–Trinajstić information content (AvgIpc) is 2.80. The topological polar surface area (TPSA) is 91.4 Å². The van der Waals surface area contributed by atoms with E-state index >= 15 is 0 Å². The molecule has 0 aromatic heterocycles. The number of carbonyl (C=O) groups excluding carboxylic acids is 3. The van der Waals surface area contributed by atoms with E-state index in [-0.39, 0.29) is 18.1 Å². The van der Waals surface area contributed by atoms with Gasteiger partial charge in [-0.15, -0.1) is 0 Å². The van der Waals surface area contributed by atoms with E-state index in [9.17, 15) is 14.4 Å². The molecule has 0 N–H and O–H groups in total. The highest BCUT2D eigenvalue weighted by molar-refractivity contribution is 5.94. The molecule has 0 saturated heterocycles. The van der Waals surface area contributed by atoms with Crippen LogP contribution in [0.1, 0.15) is 31.8 Å². The highest BCUT2D eigenvalue weighted by Crippen LogP contribution is 2.33. The summed E-state index contributed by atoms with van der Waals surface area (Å²) in [6.07, 6.45) is 0.671. The third kappa shape index (κ3) is 4.53. The monoisotopic (exact) mass is 413 g/mol. The van der Waals surface area contributed by atoms with Crippen molar-refractivity contribution in [3.05, 3.63) is 58.7 Å². The summed E-state index contributed by atoms with van der Waals surface area (Å²) in [6.45, 7) is 0.562. The standard InChI is InChI=1S/C22H23NO7/c1-27-18-10-16-8-9-23(12-17(16)11-19(18)28-2)20(24)13-30-22(26)15-6-4-14(5-7-15)21(25)29-3/h4-7,10-11H,8-9,12-13H2,1-3H3. The largest absolute Gasteiger partial charge is 0.493 e. The Morgan fingerprint density at radius 3 is 2.00 bits per heavy atom. The Balaban J connectivity index is 1.59. The van der Waals surface area contributed by atoms with Crippen LogP contribution in [0.15, 0.2) is 36.4 Å². The zero-order chi connectivity index (χ0) is 21.7. The average molecular weight is 413 g/mol. The van der Waals surface area contributed by atoms with E-state index in [0.29, 0.717) is 36.6 Å². The molecule has 1 aliphatic rings. The van der Waals surface area contributed by atoms with Gasteiger partial charge in [0.2, 0.25) is 0 Å². The van der Waals surface area contributed by atoms with Crippen LogP contribution in [-0.2, 0) is 27.2 Å². The van der Waals surface area contributed by atoms with Gasteiger partial charge < -0.3 is 23.8 Å². The number of hydrogen-bond donors (Lipinski definition) is 0. The lowest BCUT2D eigenvalue weighted by Gasteiger charge is -2.29. The third-order valence-corrected chi connectivity index (χ3v) is 4.94. The van der Waals surface area contributed by atoms with E-state index in [1.165, 1.54) is 31.4 Å². The lowest BCUT2D eigenvalue weighted by Crippen LogP contribution is -2.38. The Hall–Kier alpha value is -3.55. The van der Waals surface area contributed by atoms with Gasteiger partial charge >= 0.3 is 11.9 Å². The second-order valence-electron chi connectivity index (χ2n) is 6.69. The number of benzene rings is 2. The molecular weight excluding hydrogens is 390 g/mol. The number of esters is 2. The first-order valence-corrected chi connectivity index (χ1v) is 9.34. The van der Waals surface area contributed by atoms with Crippen molar-refractivity contribution in [2.24, 2.45) is 0 Å². The first kappa shape index (κ1) is 21.2. The van der Waals surface area contributed by atoms with Gasteiger partial charge in [-0.05, 0) is 53.9 Å². The van der Waals surface area contributed by atoms with Crippen LogP contribution in [0.3, 0.4) is 0 Å². The maximum atomic E-state index is 12.5. The van der Waals surface area contributed by atoms with Crippen LogP contribution < -0.4 is 9.47 Å². The van der Waals surface area contributed by atoms with Crippen LogP contribution in [-0.4, -0.2) is 57.2 Å². The number of nitrogens with zero attached hydrogens (tertiary/aromatic N) is 1. The van der Waals surface area contributed by atoms with Crippen molar-refractivity contribution in [2.75, 3.05) is 34.5 Å². The zero-order valence-corrected chi connectivity index (χ0v) is 17.1. The van der Waals surface area contributed by atoms with Crippen LogP contribution in [0, 0.1) is 0 Å². The Kier molecular flexibility index (Phi) is 6.56. The molecule has 0 unspecified atom stereocenters. The maximum absolute atomic E-state index is 12.5. The molecule has 0 atom stereocenters. The summed E-state index contributed by atoms with van der Waals surface area (Å²) in [5.41, 5.74) is 2.64. The first-order valence-electron chi connectivity index (χ1n) is 9.34. The van der Waals surface area contributed by atoms with E-state index in [0.717, 1.165) is 11.1 Å².